The van der Waals surface area contributed by atoms with Crippen molar-refractivity contribution >= 4 is 11.8 Å². The fraction of sp³-hybridized carbons (Fsp3) is 0.421. The van der Waals surface area contributed by atoms with E-state index in [9.17, 15) is 19.1 Å². The summed E-state index contributed by atoms with van der Waals surface area (Å²) in [5.74, 6) is -2.09. The minimum atomic E-state index is -0.883. The highest BCUT2D eigenvalue weighted by atomic mass is 19.1. The molecule has 0 aliphatic heterocycles. The molecule has 1 saturated carbocycles. The molecule has 1 aromatic carbocycles. The molecule has 3 atom stereocenters. The summed E-state index contributed by atoms with van der Waals surface area (Å²) in [6.07, 6.45) is 3.08. The molecule has 150 valence electrons. The summed E-state index contributed by atoms with van der Waals surface area (Å²) in [5.41, 5.74) is 0.698. The van der Waals surface area contributed by atoms with Gasteiger partial charge in [-0.3, -0.25) is 14.3 Å². The Kier molecular flexibility index (Phi) is 5.93. The highest BCUT2D eigenvalue weighted by Crippen LogP contribution is 2.27. The number of nitrogens with one attached hydrogen (secondary N) is 2. The molecule has 9 heteroatoms. The summed E-state index contributed by atoms with van der Waals surface area (Å²) < 4.78 is 20.8. The van der Waals surface area contributed by atoms with Gasteiger partial charge in [0.1, 0.15) is 0 Å². The van der Waals surface area contributed by atoms with Crippen LogP contribution >= 0.6 is 0 Å². The van der Waals surface area contributed by atoms with Gasteiger partial charge in [0, 0.05) is 31.3 Å². The van der Waals surface area contributed by atoms with Gasteiger partial charge < -0.3 is 20.5 Å². The third-order valence-electron chi connectivity index (χ3n) is 4.87. The van der Waals surface area contributed by atoms with Crippen LogP contribution in [0.5, 0.6) is 5.75 Å². The molecule has 8 nitrogen and oxygen atoms in total. The molecular weight excluding hydrogens is 367 g/mol. The third-order valence-corrected chi connectivity index (χ3v) is 4.87. The fourth-order valence-electron chi connectivity index (χ4n) is 3.37. The van der Waals surface area contributed by atoms with Crippen LogP contribution in [-0.4, -0.2) is 46.0 Å². The Balaban J connectivity index is 1.57. The van der Waals surface area contributed by atoms with E-state index in [1.54, 1.807) is 24.1 Å². The maximum absolute atomic E-state index is 14.2. The fourth-order valence-corrected chi connectivity index (χ4v) is 3.37. The van der Waals surface area contributed by atoms with Gasteiger partial charge in [0.05, 0.1) is 31.0 Å². The van der Waals surface area contributed by atoms with E-state index in [4.69, 9.17) is 4.74 Å². The quantitative estimate of drug-likeness (QED) is 0.675. The highest BCUT2D eigenvalue weighted by Gasteiger charge is 2.38. The third kappa shape index (κ3) is 4.30. The average molecular weight is 390 g/mol. The van der Waals surface area contributed by atoms with Crippen molar-refractivity contribution in [2.75, 3.05) is 7.11 Å². The summed E-state index contributed by atoms with van der Waals surface area (Å²) in [6.45, 7) is 0.339. The Bertz CT molecular complexity index is 869. The Hall–Kier alpha value is -2.94. The van der Waals surface area contributed by atoms with Crippen LogP contribution < -0.4 is 15.4 Å². The standard InChI is InChI=1S/C19H23FN4O4/c1-24-10-11(9-22-24)8-21-18(26)12-6-14(15(25)7-12)23-19(27)13-4-3-5-16(28-2)17(13)20/h3-5,9-10,12,14-15,25H,6-8H2,1-2H3,(H,21,26)(H,23,27)/t12-,14+,15+/m0/s1. The molecule has 1 aromatic heterocycles. The second kappa shape index (κ2) is 8.39. The Morgan fingerprint density at radius 2 is 2.18 bits per heavy atom. The molecule has 0 radical (unpaired) electrons. The van der Waals surface area contributed by atoms with Crippen LogP contribution in [0, 0.1) is 11.7 Å². The lowest BCUT2D eigenvalue weighted by atomic mass is 10.1. The van der Waals surface area contributed by atoms with Crippen molar-refractivity contribution in [3.63, 3.8) is 0 Å². The molecule has 2 aromatic rings. The molecule has 3 N–H and O–H groups in total. The molecule has 28 heavy (non-hydrogen) atoms. The van der Waals surface area contributed by atoms with Crippen LogP contribution in [0.25, 0.3) is 0 Å². The molecular formula is C19H23FN4O4. The summed E-state index contributed by atoms with van der Waals surface area (Å²) in [7, 11) is 3.10. The SMILES string of the molecule is COc1cccc(C(=O)N[C@@H]2C[C@H](C(=O)NCc3cnn(C)c3)C[C@H]2O)c1F. The second-order valence-electron chi connectivity index (χ2n) is 6.88. The first-order chi connectivity index (χ1) is 13.4. The van der Waals surface area contributed by atoms with Gasteiger partial charge in [0.15, 0.2) is 11.6 Å². The van der Waals surface area contributed by atoms with Crippen LogP contribution in [0.3, 0.4) is 0 Å². The molecule has 1 heterocycles. The van der Waals surface area contributed by atoms with Crippen molar-refractivity contribution in [1.29, 1.82) is 0 Å². The molecule has 0 saturated heterocycles. The number of aliphatic hydroxyl groups excluding tert-OH is 1. The van der Waals surface area contributed by atoms with E-state index in [2.05, 4.69) is 15.7 Å². The molecule has 1 fully saturated rings. The van der Waals surface area contributed by atoms with Crippen LogP contribution in [0.4, 0.5) is 4.39 Å². The lowest BCUT2D eigenvalue weighted by molar-refractivity contribution is -0.125. The number of carbonyl (C=O) groups excluding carboxylic acids is 2. The summed E-state index contributed by atoms with van der Waals surface area (Å²) in [5, 5.41) is 19.7. The molecule has 0 spiro atoms. The van der Waals surface area contributed by atoms with Gasteiger partial charge in [0.25, 0.3) is 5.91 Å². The molecule has 1 aliphatic rings. The number of rotatable bonds is 6. The molecule has 0 bridgehead atoms. The number of aliphatic hydroxyl groups is 1. The molecule has 1 aliphatic carbocycles. The minimum Gasteiger partial charge on any atom is -0.494 e. The van der Waals surface area contributed by atoms with E-state index in [1.807, 2.05) is 0 Å². The van der Waals surface area contributed by atoms with Crippen molar-refractivity contribution in [1.82, 2.24) is 20.4 Å². The van der Waals surface area contributed by atoms with Gasteiger partial charge in [-0.05, 0) is 25.0 Å². The molecule has 0 unspecified atom stereocenters. The van der Waals surface area contributed by atoms with E-state index < -0.39 is 29.8 Å². The Morgan fingerprint density at radius 3 is 2.86 bits per heavy atom. The van der Waals surface area contributed by atoms with E-state index >= 15 is 0 Å². The zero-order chi connectivity index (χ0) is 20.3. The van der Waals surface area contributed by atoms with Crippen LogP contribution in [0.15, 0.2) is 30.6 Å². The minimum absolute atomic E-state index is 0.0349. The van der Waals surface area contributed by atoms with E-state index in [0.29, 0.717) is 6.54 Å². The highest BCUT2D eigenvalue weighted by molar-refractivity contribution is 5.95. The number of hydrogen-bond acceptors (Lipinski definition) is 5. The summed E-state index contributed by atoms with van der Waals surface area (Å²) in [6, 6.07) is 3.63. The first-order valence-corrected chi connectivity index (χ1v) is 8.95. The van der Waals surface area contributed by atoms with Crippen molar-refractivity contribution in [3.8, 4) is 5.75 Å². The van der Waals surface area contributed by atoms with Gasteiger partial charge in [-0.1, -0.05) is 6.07 Å². The normalized spacial score (nSPS) is 21.4. The predicted octanol–water partition coefficient (Wildman–Crippen LogP) is 0.753. The second-order valence-corrected chi connectivity index (χ2v) is 6.88. The van der Waals surface area contributed by atoms with E-state index in [0.717, 1.165) is 5.56 Å². The molecule has 3 rings (SSSR count). The van der Waals surface area contributed by atoms with Crippen molar-refractivity contribution in [2.45, 2.75) is 31.5 Å². The summed E-state index contributed by atoms with van der Waals surface area (Å²) in [4.78, 5) is 24.8. The van der Waals surface area contributed by atoms with E-state index in [1.165, 1.54) is 25.3 Å². The molecule has 2 amide bonds. The number of carbonyl (C=O) groups is 2. The first-order valence-electron chi connectivity index (χ1n) is 8.95. The number of hydrogen-bond donors (Lipinski definition) is 3. The van der Waals surface area contributed by atoms with Gasteiger partial charge in [-0.25, -0.2) is 4.39 Å². The predicted molar refractivity (Wildman–Crippen MR) is 98.0 cm³/mol. The lowest BCUT2D eigenvalue weighted by Crippen LogP contribution is -2.40. The maximum atomic E-state index is 14.2. The zero-order valence-electron chi connectivity index (χ0n) is 15.7. The van der Waals surface area contributed by atoms with Crippen molar-refractivity contribution in [3.05, 3.63) is 47.5 Å². The topological polar surface area (TPSA) is 105 Å². The number of benzene rings is 1. The van der Waals surface area contributed by atoms with E-state index in [-0.39, 0.29) is 30.1 Å². The monoisotopic (exact) mass is 390 g/mol. The number of ether oxygens (including phenoxy) is 1. The smallest absolute Gasteiger partial charge is 0.254 e. The number of halogens is 1. The van der Waals surface area contributed by atoms with Crippen molar-refractivity contribution < 1.29 is 23.8 Å². The number of methoxy groups -OCH3 is 1. The van der Waals surface area contributed by atoms with Gasteiger partial charge >= 0.3 is 0 Å². The maximum Gasteiger partial charge on any atom is 0.254 e. The number of aromatic nitrogens is 2. The Morgan fingerprint density at radius 1 is 1.39 bits per heavy atom. The van der Waals surface area contributed by atoms with Crippen LogP contribution in [0.1, 0.15) is 28.8 Å². The number of amides is 2. The van der Waals surface area contributed by atoms with Gasteiger partial charge in [-0.2, -0.15) is 5.10 Å². The van der Waals surface area contributed by atoms with Crippen molar-refractivity contribution in [2.24, 2.45) is 13.0 Å². The average Bonchev–Trinajstić information content (AvgIpc) is 3.25. The van der Waals surface area contributed by atoms with Crippen LogP contribution in [-0.2, 0) is 18.4 Å². The number of nitrogens with zero attached hydrogens (tertiary/aromatic N) is 2. The Labute approximate surface area is 161 Å². The lowest BCUT2D eigenvalue weighted by Gasteiger charge is -2.17. The summed E-state index contributed by atoms with van der Waals surface area (Å²) >= 11 is 0. The van der Waals surface area contributed by atoms with Gasteiger partial charge in [0.2, 0.25) is 5.91 Å². The largest absolute Gasteiger partial charge is 0.494 e. The van der Waals surface area contributed by atoms with Crippen LogP contribution in [0.2, 0.25) is 0 Å². The first kappa shape index (κ1) is 19.8. The van der Waals surface area contributed by atoms with Gasteiger partial charge in [-0.15, -0.1) is 0 Å². The zero-order valence-corrected chi connectivity index (χ0v) is 15.7. The number of aryl methyl sites for hydroxylation is 1.